The fraction of sp³-hybridized carbons (Fsp3) is 0.529. The number of aliphatic hydroxyl groups is 1. The molecule has 0 bridgehead atoms. The Hall–Kier alpha value is -2.01. The smallest absolute Gasteiger partial charge is 0.388 e. The van der Waals surface area contributed by atoms with Crippen LogP contribution >= 0.6 is 23.5 Å². The SMILES string of the molecule is C=C1N=C(N)C(C#CCNC(=O)CCCCON)=CN1C1CC(O)C(OOP(=O)(O)OP(=O)(O)OP(=O)(O)O)O1. The zero-order valence-corrected chi connectivity index (χ0v) is 23.2. The van der Waals surface area contributed by atoms with E-state index in [2.05, 4.69) is 51.7 Å². The predicted octanol–water partition coefficient (Wildman–Crippen LogP) is -1.10. The number of hydrogen-bond acceptors (Lipinski definition) is 15. The summed E-state index contributed by atoms with van der Waals surface area (Å²) >= 11 is 0. The number of ether oxygens (including phenoxy) is 1. The largest absolute Gasteiger partial charge is 0.508 e. The number of nitrogens with zero attached hydrogens (tertiary/aromatic N) is 2. The van der Waals surface area contributed by atoms with Gasteiger partial charge >= 0.3 is 23.5 Å². The highest BCUT2D eigenvalue weighted by atomic mass is 31.3. The third kappa shape index (κ3) is 11.8. The quantitative estimate of drug-likeness (QED) is 0.0369. The van der Waals surface area contributed by atoms with Crippen LogP contribution in [0.3, 0.4) is 0 Å². The van der Waals surface area contributed by atoms with E-state index in [9.17, 15) is 28.5 Å². The van der Waals surface area contributed by atoms with E-state index < -0.39 is 42.1 Å². The molecule has 0 aromatic heterocycles. The van der Waals surface area contributed by atoms with Crippen molar-refractivity contribution >= 4 is 35.2 Å². The first-order chi connectivity index (χ1) is 18.5. The Morgan fingerprint density at radius 3 is 2.58 bits per heavy atom. The van der Waals surface area contributed by atoms with Crippen LogP contribution in [0.25, 0.3) is 0 Å². The summed E-state index contributed by atoms with van der Waals surface area (Å²) in [4.78, 5) is 61.8. The molecule has 0 saturated carbocycles. The van der Waals surface area contributed by atoms with Gasteiger partial charge < -0.3 is 50.2 Å². The highest BCUT2D eigenvalue weighted by molar-refractivity contribution is 7.66. The maximum Gasteiger partial charge on any atom is 0.508 e. The number of phosphoric acid groups is 3. The molecule has 10 N–H and O–H groups in total. The third-order valence-electron chi connectivity index (χ3n) is 4.61. The molecule has 0 aliphatic carbocycles. The van der Waals surface area contributed by atoms with Crippen molar-refractivity contribution in [3.63, 3.8) is 0 Å². The Morgan fingerprint density at radius 1 is 1.23 bits per heavy atom. The summed E-state index contributed by atoms with van der Waals surface area (Å²) in [5.74, 6) is 10.2. The van der Waals surface area contributed by atoms with Crippen LogP contribution in [0.2, 0.25) is 0 Å². The monoisotopic (exact) mass is 635 g/mol. The number of nitrogens with two attached hydrogens (primary N) is 2. The highest BCUT2D eigenvalue weighted by Gasteiger charge is 2.44. The molecule has 2 heterocycles. The van der Waals surface area contributed by atoms with Gasteiger partial charge in [-0.1, -0.05) is 18.4 Å². The highest BCUT2D eigenvalue weighted by Crippen LogP contribution is 2.66. The van der Waals surface area contributed by atoms with Crippen LogP contribution in [0.4, 0.5) is 0 Å². The molecule has 23 heteroatoms. The second kappa shape index (κ2) is 14.8. The van der Waals surface area contributed by atoms with E-state index in [1.165, 1.54) is 11.1 Å². The molecule has 2 rings (SSSR count). The summed E-state index contributed by atoms with van der Waals surface area (Å²) in [6, 6.07) is 0. The van der Waals surface area contributed by atoms with Crippen LogP contribution in [-0.4, -0.2) is 73.1 Å². The molecule has 5 unspecified atom stereocenters. The minimum absolute atomic E-state index is 0.000801. The zero-order valence-electron chi connectivity index (χ0n) is 20.5. The number of unbranched alkanes of at least 4 members (excludes halogenated alkanes) is 1. The maximum absolute atomic E-state index is 11.8. The predicted molar refractivity (Wildman–Crippen MR) is 131 cm³/mol. The molecular formula is C17H28N5O15P3. The van der Waals surface area contributed by atoms with Crippen molar-refractivity contribution in [2.75, 3.05) is 13.2 Å². The number of aliphatic hydroxyl groups excluding tert-OH is 1. The molecule has 40 heavy (non-hydrogen) atoms. The van der Waals surface area contributed by atoms with Crippen molar-refractivity contribution in [3.05, 3.63) is 24.2 Å². The van der Waals surface area contributed by atoms with Crippen molar-refractivity contribution in [1.29, 1.82) is 0 Å². The average molecular weight is 635 g/mol. The van der Waals surface area contributed by atoms with Crippen molar-refractivity contribution in [1.82, 2.24) is 10.2 Å². The van der Waals surface area contributed by atoms with Gasteiger partial charge in [-0.25, -0.2) is 24.6 Å². The van der Waals surface area contributed by atoms with Gasteiger partial charge in [-0.2, -0.15) is 13.5 Å². The Bertz CT molecular complexity index is 1210. The van der Waals surface area contributed by atoms with E-state index >= 15 is 0 Å². The van der Waals surface area contributed by atoms with Gasteiger partial charge in [0, 0.05) is 19.0 Å². The van der Waals surface area contributed by atoms with Crippen LogP contribution in [0.1, 0.15) is 25.7 Å². The number of aliphatic imine (C=N–C) groups is 1. The van der Waals surface area contributed by atoms with E-state index in [0.29, 0.717) is 19.4 Å². The number of carbonyl (C=O) groups is 1. The van der Waals surface area contributed by atoms with Crippen LogP contribution in [0.5, 0.6) is 0 Å². The lowest BCUT2D eigenvalue weighted by Gasteiger charge is -2.29. The lowest BCUT2D eigenvalue weighted by atomic mass is 10.2. The molecule has 5 atom stereocenters. The van der Waals surface area contributed by atoms with Gasteiger partial charge in [-0.3, -0.25) is 4.79 Å². The lowest BCUT2D eigenvalue weighted by Crippen LogP contribution is -2.34. The molecule has 0 radical (unpaired) electrons. The molecular weight excluding hydrogens is 607 g/mol. The molecule has 0 spiro atoms. The second-order valence-corrected chi connectivity index (χ2v) is 12.1. The standard InChI is InChI=1S/C17H28N5O15P3/c1-11-21-16(18)12(5-4-7-20-14(24)6-2-3-8-32-19)10-22(11)15-9-13(23)17(33-15)34-35-39(28,29)37-40(30,31)36-38(25,26)27/h10,13,15,17,23H,1-3,6-9,19H2,(H2,18,21)(H,20,24)(H,28,29)(H,30,31)(H2,25,26,27). The summed E-state index contributed by atoms with van der Waals surface area (Å²) in [6.07, 6.45) is -1.67. The number of amidine groups is 1. The molecule has 2 aliphatic rings. The van der Waals surface area contributed by atoms with Gasteiger partial charge in [-0.05, 0) is 12.8 Å². The van der Waals surface area contributed by atoms with Gasteiger partial charge in [0.1, 0.15) is 24.0 Å². The topological polar surface area (TPSA) is 304 Å². The van der Waals surface area contributed by atoms with Gasteiger partial charge in [0.2, 0.25) is 12.2 Å². The summed E-state index contributed by atoms with van der Waals surface area (Å²) < 4.78 is 50.4. The number of carbonyl (C=O) groups excluding carboxylic acids is 1. The Kier molecular flexibility index (Phi) is 12.6. The summed E-state index contributed by atoms with van der Waals surface area (Å²) in [6.45, 7) is 4.05. The van der Waals surface area contributed by atoms with E-state index in [4.69, 9.17) is 31.0 Å². The Balaban J connectivity index is 1.95. The van der Waals surface area contributed by atoms with Gasteiger partial charge in [0.15, 0.2) is 0 Å². The molecule has 1 fully saturated rings. The normalized spacial score (nSPS) is 24.3. The van der Waals surface area contributed by atoms with Crippen LogP contribution < -0.4 is 16.9 Å². The fourth-order valence-electron chi connectivity index (χ4n) is 3.00. The first-order valence-corrected chi connectivity index (χ1v) is 15.5. The number of rotatable bonds is 14. The third-order valence-corrected chi connectivity index (χ3v) is 8.21. The van der Waals surface area contributed by atoms with Crippen LogP contribution in [0, 0.1) is 11.8 Å². The van der Waals surface area contributed by atoms with E-state index in [-0.39, 0.29) is 42.5 Å². The average Bonchev–Trinajstić information content (AvgIpc) is 3.17. The molecule has 2 aliphatic heterocycles. The number of amides is 1. The van der Waals surface area contributed by atoms with Crippen LogP contribution in [-0.2, 0) is 46.2 Å². The van der Waals surface area contributed by atoms with Gasteiger partial charge in [-0.15, -0.1) is 4.67 Å². The maximum atomic E-state index is 11.8. The van der Waals surface area contributed by atoms with Gasteiger partial charge in [0.25, 0.3) is 0 Å². The Labute approximate surface area is 226 Å². The summed E-state index contributed by atoms with van der Waals surface area (Å²) in [5, 5.41) is 12.8. The number of hydrogen-bond donors (Lipinski definition) is 8. The van der Waals surface area contributed by atoms with Crippen LogP contribution in [0.15, 0.2) is 29.2 Å². The molecule has 0 aromatic rings. The van der Waals surface area contributed by atoms with Crippen molar-refractivity contribution in [2.45, 2.75) is 44.3 Å². The van der Waals surface area contributed by atoms with Crippen molar-refractivity contribution in [3.8, 4) is 11.8 Å². The number of nitrogens with one attached hydrogen (secondary N) is 1. The van der Waals surface area contributed by atoms with E-state index in [1.54, 1.807) is 0 Å². The minimum Gasteiger partial charge on any atom is -0.388 e. The molecule has 1 amide bonds. The first-order valence-electron chi connectivity index (χ1n) is 10.9. The zero-order chi connectivity index (χ0) is 30.1. The minimum atomic E-state index is -5.78. The van der Waals surface area contributed by atoms with E-state index in [0.717, 1.165) is 0 Å². The van der Waals surface area contributed by atoms with E-state index in [1.807, 2.05) is 0 Å². The van der Waals surface area contributed by atoms with Crippen molar-refractivity contribution in [2.24, 2.45) is 16.6 Å². The Morgan fingerprint density at radius 2 is 1.93 bits per heavy atom. The molecule has 226 valence electrons. The molecule has 1 saturated heterocycles. The fourth-order valence-corrected chi connectivity index (χ4v) is 5.81. The lowest BCUT2D eigenvalue weighted by molar-refractivity contribution is -0.339. The second-order valence-electron chi connectivity index (χ2n) is 7.79. The van der Waals surface area contributed by atoms with Crippen molar-refractivity contribution < 1.29 is 70.9 Å². The first kappa shape index (κ1) is 34.2. The summed E-state index contributed by atoms with van der Waals surface area (Å²) in [7, 11) is -17.0. The molecule has 0 aromatic carbocycles. The van der Waals surface area contributed by atoms with Gasteiger partial charge in [0.05, 0.1) is 18.7 Å². The molecule has 20 nitrogen and oxygen atoms in total. The summed E-state index contributed by atoms with van der Waals surface area (Å²) in [5.41, 5.74) is 6.08.